The van der Waals surface area contributed by atoms with E-state index in [2.05, 4.69) is 39.2 Å². The van der Waals surface area contributed by atoms with Crippen LogP contribution in [0.5, 0.6) is 5.75 Å². The summed E-state index contributed by atoms with van der Waals surface area (Å²) in [7, 11) is 3.85. The topological polar surface area (TPSA) is 77.5 Å². The molecule has 2 heterocycles. The fourth-order valence-electron chi connectivity index (χ4n) is 5.23. The number of piperidine rings is 1. The van der Waals surface area contributed by atoms with E-state index in [4.69, 9.17) is 14.6 Å². The number of hydrogen-bond acceptors (Lipinski definition) is 7. The van der Waals surface area contributed by atoms with Crippen LogP contribution in [0.3, 0.4) is 0 Å². The van der Waals surface area contributed by atoms with E-state index in [0.717, 1.165) is 58.3 Å². The lowest BCUT2D eigenvalue weighted by atomic mass is 9.98. The summed E-state index contributed by atoms with van der Waals surface area (Å²) in [6, 6.07) is 4.81. The van der Waals surface area contributed by atoms with Crippen LogP contribution < -0.4 is 15.0 Å². The van der Waals surface area contributed by atoms with Gasteiger partial charge in [0, 0.05) is 63.7 Å². The molecule has 1 aromatic carbocycles. The van der Waals surface area contributed by atoms with Crippen molar-refractivity contribution in [2.24, 2.45) is 0 Å². The molecular formula is C28H48N4O4. The molecule has 3 rings (SSSR count). The van der Waals surface area contributed by atoms with Crippen molar-refractivity contribution >= 4 is 17.5 Å². The zero-order valence-electron chi connectivity index (χ0n) is 23.1. The first kappa shape index (κ1) is 28.5. The maximum atomic E-state index is 12.5. The van der Waals surface area contributed by atoms with Crippen LogP contribution >= 0.6 is 0 Å². The van der Waals surface area contributed by atoms with E-state index in [1.807, 2.05) is 20.8 Å². The molecule has 0 bridgehead atoms. The van der Waals surface area contributed by atoms with E-state index in [-0.39, 0.29) is 6.61 Å². The molecule has 2 aliphatic heterocycles. The van der Waals surface area contributed by atoms with Crippen LogP contribution in [-0.2, 0) is 11.2 Å². The number of aryl methyl sites for hydroxylation is 1. The van der Waals surface area contributed by atoms with Crippen LogP contribution in [0.25, 0.3) is 0 Å². The van der Waals surface area contributed by atoms with E-state index in [0.29, 0.717) is 17.5 Å². The highest BCUT2D eigenvalue weighted by Crippen LogP contribution is 2.36. The Balaban J connectivity index is 1.74. The number of nitrogens with one attached hydrogen (secondary N) is 1. The van der Waals surface area contributed by atoms with Crippen LogP contribution in [0, 0.1) is 0 Å². The van der Waals surface area contributed by atoms with E-state index in [1.165, 1.54) is 37.2 Å². The third kappa shape index (κ3) is 8.53. The number of rotatable bonds is 10. The molecule has 1 amide bonds. The highest BCUT2D eigenvalue weighted by atomic mass is 16.6. The standard InChI is InChI=1S/C28H48N4O4/c1-28(2,3)36-27(34)29-24-20-22(10-8-6-7-9-19-33)25(21-26(24)35-5)32-13-11-23(12-14-32)31-17-15-30(4)16-18-31/h20-21,23,33H,6-19H2,1-5H3,(H,29,34). The van der Waals surface area contributed by atoms with Crippen molar-refractivity contribution in [1.29, 1.82) is 0 Å². The molecule has 0 atom stereocenters. The first-order valence-electron chi connectivity index (χ1n) is 13.7. The van der Waals surface area contributed by atoms with Crippen LogP contribution in [0.4, 0.5) is 16.2 Å². The third-order valence-electron chi connectivity index (χ3n) is 7.25. The van der Waals surface area contributed by atoms with Crippen molar-refractivity contribution in [2.75, 3.05) is 70.2 Å². The lowest BCUT2D eigenvalue weighted by Crippen LogP contribution is -2.52. The van der Waals surface area contributed by atoms with Gasteiger partial charge in [0.25, 0.3) is 0 Å². The first-order chi connectivity index (χ1) is 17.2. The zero-order valence-corrected chi connectivity index (χ0v) is 23.1. The van der Waals surface area contributed by atoms with Gasteiger partial charge in [0.15, 0.2) is 0 Å². The Morgan fingerprint density at radius 3 is 2.31 bits per heavy atom. The van der Waals surface area contributed by atoms with Gasteiger partial charge in [-0.05, 0) is 71.6 Å². The van der Waals surface area contributed by atoms with Crippen molar-refractivity contribution in [1.82, 2.24) is 9.80 Å². The van der Waals surface area contributed by atoms with Crippen LogP contribution in [0.15, 0.2) is 12.1 Å². The van der Waals surface area contributed by atoms with Gasteiger partial charge in [0.2, 0.25) is 0 Å². The molecule has 2 saturated heterocycles. The smallest absolute Gasteiger partial charge is 0.412 e. The Bertz CT molecular complexity index is 826. The Hall–Kier alpha value is -2.03. The molecule has 0 radical (unpaired) electrons. The van der Waals surface area contributed by atoms with Gasteiger partial charge in [-0.2, -0.15) is 0 Å². The number of aliphatic hydroxyl groups excluding tert-OH is 1. The van der Waals surface area contributed by atoms with Gasteiger partial charge in [0.1, 0.15) is 11.4 Å². The predicted octanol–water partition coefficient (Wildman–Crippen LogP) is 4.35. The van der Waals surface area contributed by atoms with Gasteiger partial charge in [-0.1, -0.05) is 12.8 Å². The number of benzene rings is 1. The Kier molecular flexibility index (Phi) is 10.7. The molecule has 0 unspecified atom stereocenters. The van der Waals surface area contributed by atoms with Crippen molar-refractivity contribution in [2.45, 2.75) is 77.4 Å². The maximum Gasteiger partial charge on any atom is 0.412 e. The number of nitrogens with zero attached hydrogens (tertiary/aromatic N) is 3. The number of ether oxygens (including phenoxy) is 2. The molecular weight excluding hydrogens is 456 g/mol. The minimum atomic E-state index is -0.569. The number of hydrogen-bond donors (Lipinski definition) is 2. The van der Waals surface area contributed by atoms with Gasteiger partial charge in [-0.15, -0.1) is 0 Å². The minimum Gasteiger partial charge on any atom is -0.494 e. The summed E-state index contributed by atoms with van der Waals surface area (Å²) >= 11 is 0. The fourth-order valence-corrected chi connectivity index (χ4v) is 5.23. The Labute approximate surface area is 217 Å². The molecule has 0 saturated carbocycles. The van der Waals surface area contributed by atoms with Gasteiger partial charge in [-0.25, -0.2) is 4.79 Å². The number of amides is 1. The van der Waals surface area contributed by atoms with Crippen LogP contribution in [-0.4, -0.2) is 92.7 Å². The molecule has 0 aromatic heterocycles. The monoisotopic (exact) mass is 504 g/mol. The van der Waals surface area contributed by atoms with Crippen molar-refractivity contribution < 1.29 is 19.4 Å². The highest BCUT2D eigenvalue weighted by Gasteiger charge is 2.28. The second-order valence-electron chi connectivity index (χ2n) is 11.3. The molecule has 2 fully saturated rings. The van der Waals surface area contributed by atoms with Gasteiger partial charge in [0.05, 0.1) is 12.8 Å². The third-order valence-corrected chi connectivity index (χ3v) is 7.25. The minimum absolute atomic E-state index is 0.250. The molecule has 36 heavy (non-hydrogen) atoms. The van der Waals surface area contributed by atoms with Crippen molar-refractivity contribution in [3.8, 4) is 5.75 Å². The summed E-state index contributed by atoms with van der Waals surface area (Å²) < 4.78 is 11.2. The van der Waals surface area contributed by atoms with Gasteiger partial charge in [-0.3, -0.25) is 10.2 Å². The van der Waals surface area contributed by atoms with E-state index in [1.54, 1.807) is 7.11 Å². The van der Waals surface area contributed by atoms with Crippen LogP contribution in [0.1, 0.15) is 64.9 Å². The van der Waals surface area contributed by atoms with E-state index >= 15 is 0 Å². The summed E-state index contributed by atoms with van der Waals surface area (Å²) in [5, 5.41) is 12.0. The summed E-state index contributed by atoms with van der Waals surface area (Å²) in [5.74, 6) is 0.654. The van der Waals surface area contributed by atoms with Crippen LogP contribution in [0.2, 0.25) is 0 Å². The molecule has 2 aliphatic rings. The Morgan fingerprint density at radius 2 is 1.69 bits per heavy atom. The average molecular weight is 505 g/mol. The zero-order chi connectivity index (χ0) is 26.1. The molecule has 8 nitrogen and oxygen atoms in total. The number of methoxy groups -OCH3 is 1. The lowest BCUT2D eigenvalue weighted by Gasteiger charge is -2.43. The second kappa shape index (κ2) is 13.5. The number of piperazine rings is 1. The van der Waals surface area contributed by atoms with E-state index < -0.39 is 11.7 Å². The molecule has 1 aromatic rings. The number of anilines is 2. The van der Waals surface area contributed by atoms with Gasteiger partial charge < -0.3 is 24.4 Å². The summed E-state index contributed by atoms with van der Waals surface area (Å²) in [6.45, 7) is 12.5. The molecule has 204 valence electrons. The molecule has 0 aliphatic carbocycles. The lowest BCUT2D eigenvalue weighted by molar-refractivity contribution is 0.0635. The number of aliphatic hydroxyl groups is 1. The summed E-state index contributed by atoms with van der Waals surface area (Å²) in [5.41, 5.74) is 2.51. The van der Waals surface area contributed by atoms with Crippen molar-refractivity contribution in [3.63, 3.8) is 0 Å². The number of carbonyl (C=O) groups excluding carboxylic acids is 1. The Morgan fingerprint density at radius 1 is 1.03 bits per heavy atom. The van der Waals surface area contributed by atoms with Gasteiger partial charge >= 0.3 is 6.09 Å². The quantitative estimate of drug-likeness (QED) is 0.459. The average Bonchev–Trinajstić information content (AvgIpc) is 2.83. The maximum absolute atomic E-state index is 12.5. The normalized spacial score (nSPS) is 18.3. The largest absolute Gasteiger partial charge is 0.494 e. The molecule has 0 spiro atoms. The SMILES string of the molecule is COc1cc(N2CCC(N3CCN(C)CC3)CC2)c(CCCCCCO)cc1NC(=O)OC(C)(C)C. The highest BCUT2D eigenvalue weighted by molar-refractivity contribution is 5.88. The van der Waals surface area contributed by atoms with E-state index in [9.17, 15) is 4.79 Å². The summed E-state index contributed by atoms with van der Waals surface area (Å²) in [4.78, 5) is 20.1. The summed E-state index contributed by atoms with van der Waals surface area (Å²) in [6.07, 6.45) is 6.78. The fraction of sp³-hybridized carbons (Fsp3) is 0.750. The molecule has 8 heteroatoms. The van der Waals surface area contributed by atoms with Crippen molar-refractivity contribution in [3.05, 3.63) is 17.7 Å². The number of likely N-dealkylation sites (N-methyl/N-ethyl adjacent to an activating group) is 1. The predicted molar refractivity (Wildman–Crippen MR) is 146 cm³/mol. The number of unbranched alkanes of at least 4 members (excludes halogenated alkanes) is 3. The first-order valence-corrected chi connectivity index (χ1v) is 13.7. The molecule has 2 N–H and O–H groups in total. The number of carbonyl (C=O) groups is 1. The second-order valence-corrected chi connectivity index (χ2v) is 11.3.